The zero-order chi connectivity index (χ0) is 18.5. The quantitative estimate of drug-likeness (QED) is 0.415. The van der Waals surface area contributed by atoms with Gasteiger partial charge in [-0.1, -0.05) is 29.3 Å². The van der Waals surface area contributed by atoms with Gasteiger partial charge in [0.1, 0.15) is 12.4 Å². The van der Waals surface area contributed by atoms with Crippen molar-refractivity contribution in [2.75, 3.05) is 19.7 Å². The van der Waals surface area contributed by atoms with Crippen molar-refractivity contribution in [3.05, 3.63) is 40.9 Å². The molecule has 1 saturated heterocycles. The van der Waals surface area contributed by atoms with Crippen molar-refractivity contribution < 1.29 is 19.1 Å². The van der Waals surface area contributed by atoms with Crippen LogP contribution in [0.1, 0.15) is 32.1 Å². The Kier molecular flexibility index (Phi) is 5.93. The van der Waals surface area contributed by atoms with E-state index in [1.807, 2.05) is 0 Å². The van der Waals surface area contributed by atoms with Crippen molar-refractivity contribution in [2.24, 2.45) is 0 Å². The third kappa shape index (κ3) is 4.25. The number of urea groups is 1. The minimum absolute atomic E-state index is 0.0229. The molecule has 2 aliphatic rings. The number of ether oxygens (including phenoxy) is 1. The van der Waals surface area contributed by atoms with Crippen LogP contribution in [0.5, 0.6) is 5.75 Å². The number of allylic oxidation sites excluding steroid dienone is 1. The molecular formula is C19H21ClN2O4. The number of hydrogen-bond acceptors (Lipinski definition) is 4. The number of halogens is 1. The summed E-state index contributed by atoms with van der Waals surface area (Å²) in [6.07, 6.45) is 7.18. The Balaban J connectivity index is 1.53. The molecule has 26 heavy (non-hydrogen) atoms. The van der Waals surface area contributed by atoms with Crippen LogP contribution in [0.25, 0.3) is 0 Å². The summed E-state index contributed by atoms with van der Waals surface area (Å²) in [6, 6.07) is 6.28. The lowest BCUT2D eigenvalue weighted by Gasteiger charge is -2.18. The summed E-state index contributed by atoms with van der Waals surface area (Å²) in [4.78, 5) is 38.6. The van der Waals surface area contributed by atoms with Gasteiger partial charge < -0.3 is 4.74 Å². The van der Waals surface area contributed by atoms with Gasteiger partial charge in [0.15, 0.2) is 0 Å². The van der Waals surface area contributed by atoms with E-state index >= 15 is 0 Å². The zero-order valence-electron chi connectivity index (χ0n) is 14.4. The van der Waals surface area contributed by atoms with Gasteiger partial charge in [0.05, 0.1) is 6.54 Å². The fraction of sp³-hybridized carbons (Fsp3) is 0.421. The molecule has 0 radical (unpaired) electrons. The van der Waals surface area contributed by atoms with Crippen molar-refractivity contribution in [3.8, 4) is 5.75 Å². The molecule has 0 spiro atoms. The normalized spacial score (nSPS) is 17.7. The largest absolute Gasteiger partial charge is 0.492 e. The Morgan fingerprint density at radius 3 is 2.50 bits per heavy atom. The predicted molar refractivity (Wildman–Crippen MR) is 96.9 cm³/mol. The molecule has 1 aromatic rings. The molecule has 0 aromatic heterocycles. The molecule has 1 aliphatic heterocycles. The molecule has 0 saturated carbocycles. The number of nitrogens with zero attached hydrogens (tertiary/aromatic N) is 2. The molecule has 1 fully saturated rings. The van der Waals surface area contributed by atoms with Crippen LogP contribution in [-0.2, 0) is 9.59 Å². The van der Waals surface area contributed by atoms with Gasteiger partial charge in [-0.25, -0.2) is 4.79 Å². The highest BCUT2D eigenvalue weighted by atomic mass is 35.5. The summed E-state index contributed by atoms with van der Waals surface area (Å²) < 4.78 is 5.50. The minimum atomic E-state index is -0.790. The Bertz CT molecular complexity index is 747. The van der Waals surface area contributed by atoms with E-state index in [9.17, 15) is 14.4 Å². The lowest BCUT2D eigenvalue weighted by Crippen LogP contribution is -2.36. The Morgan fingerprint density at radius 2 is 1.81 bits per heavy atom. The van der Waals surface area contributed by atoms with Gasteiger partial charge in [-0.2, -0.15) is 0 Å². The molecule has 0 bridgehead atoms. The molecular weight excluding hydrogens is 356 g/mol. The van der Waals surface area contributed by atoms with Crippen LogP contribution in [0.15, 0.2) is 35.9 Å². The van der Waals surface area contributed by atoms with E-state index in [2.05, 4.69) is 6.08 Å². The fourth-order valence-electron chi connectivity index (χ4n) is 3.14. The van der Waals surface area contributed by atoms with Gasteiger partial charge in [0, 0.05) is 11.6 Å². The highest BCUT2D eigenvalue weighted by Gasteiger charge is 2.43. The lowest BCUT2D eigenvalue weighted by atomic mass is 9.97. The predicted octanol–water partition coefficient (Wildman–Crippen LogP) is 3.40. The number of carbonyl (C=O) groups is 3. The first kappa shape index (κ1) is 18.5. The number of carbonyl (C=O) groups excluding carboxylic acids is 3. The average Bonchev–Trinajstić information content (AvgIpc) is 2.84. The standard InChI is InChI=1S/C19H21ClN2O4/c20-15-7-4-8-16(13-15)26-12-11-22-18(24)17(23)21(19(22)25)10-9-14-5-2-1-3-6-14/h4-5,7-8,13H,1-3,6,9-12H2. The van der Waals surface area contributed by atoms with Crippen molar-refractivity contribution in [3.63, 3.8) is 0 Å². The van der Waals surface area contributed by atoms with E-state index in [1.54, 1.807) is 24.3 Å². The van der Waals surface area contributed by atoms with Crippen molar-refractivity contribution in [1.29, 1.82) is 0 Å². The molecule has 4 amide bonds. The van der Waals surface area contributed by atoms with Crippen molar-refractivity contribution in [2.45, 2.75) is 32.1 Å². The Hall–Kier alpha value is -2.34. The molecule has 3 rings (SSSR count). The number of hydrogen-bond donors (Lipinski definition) is 0. The summed E-state index contributed by atoms with van der Waals surface area (Å²) in [6.45, 7) is 0.375. The second-order valence-corrected chi connectivity index (χ2v) is 6.80. The van der Waals surface area contributed by atoms with Crippen LogP contribution in [0.3, 0.4) is 0 Å². The van der Waals surface area contributed by atoms with E-state index in [0.29, 0.717) is 17.2 Å². The fourth-order valence-corrected chi connectivity index (χ4v) is 3.32. The van der Waals surface area contributed by atoms with Crippen LogP contribution < -0.4 is 4.74 Å². The summed E-state index contributed by atoms with van der Waals surface area (Å²) in [7, 11) is 0. The molecule has 1 aliphatic carbocycles. The number of imide groups is 2. The average molecular weight is 377 g/mol. The first-order valence-corrected chi connectivity index (χ1v) is 9.17. The summed E-state index contributed by atoms with van der Waals surface area (Å²) >= 11 is 5.88. The first-order valence-electron chi connectivity index (χ1n) is 8.80. The van der Waals surface area contributed by atoms with Crippen LogP contribution in [-0.4, -0.2) is 47.3 Å². The maximum absolute atomic E-state index is 12.4. The Morgan fingerprint density at radius 1 is 1.04 bits per heavy atom. The maximum atomic E-state index is 12.4. The smallest absolute Gasteiger partial charge is 0.334 e. The first-order chi connectivity index (χ1) is 12.6. The molecule has 1 heterocycles. The van der Waals surface area contributed by atoms with Gasteiger partial charge in [0.2, 0.25) is 0 Å². The summed E-state index contributed by atoms with van der Waals surface area (Å²) in [5, 5.41) is 0.536. The number of rotatable bonds is 7. The van der Waals surface area contributed by atoms with Crippen LogP contribution in [0.4, 0.5) is 4.79 Å². The molecule has 7 heteroatoms. The molecule has 0 N–H and O–H groups in total. The summed E-state index contributed by atoms with van der Waals surface area (Å²) in [5.41, 5.74) is 1.26. The van der Waals surface area contributed by atoms with Gasteiger partial charge >= 0.3 is 17.8 Å². The highest BCUT2D eigenvalue weighted by molar-refractivity contribution is 6.44. The van der Waals surface area contributed by atoms with Crippen molar-refractivity contribution >= 4 is 29.4 Å². The third-order valence-electron chi connectivity index (χ3n) is 4.56. The van der Waals surface area contributed by atoms with E-state index in [-0.39, 0.29) is 19.7 Å². The van der Waals surface area contributed by atoms with Crippen molar-refractivity contribution in [1.82, 2.24) is 9.80 Å². The molecule has 1 aromatic carbocycles. The Labute approximate surface area is 157 Å². The number of benzene rings is 1. The monoisotopic (exact) mass is 376 g/mol. The third-order valence-corrected chi connectivity index (χ3v) is 4.79. The van der Waals surface area contributed by atoms with Gasteiger partial charge in [-0.15, -0.1) is 0 Å². The SMILES string of the molecule is O=C1C(=O)N(CCC2=CCCCC2)C(=O)N1CCOc1cccc(Cl)c1. The molecule has 138 valence electrons. The van der Waals surface area contributed by atoms with E-state index in [0.717, 1.165) is 29.1 Å². The second kappa shape index (κ2) is 8.36. The molecule has 0 unspecified atom stereocenters. The second-order valence-electron chi connectivity index (χ2n) is 6.36. The number of amides is 4. The van der Waals surface area contributed by atoms with Gasteiger partial charge in [0.25, 0.3) is 0 Å². The van der Waals surface area contributed by atoms with E-state index < -0.39 is 17.8 Å². The minimum Gasteiger partial charge on any atom is -0.492 e. The summed E-state index contributed by atoms with van der Waals surface area (Å²) in [5.74, 6) is -1.000. The molecule has 6 nitrogen and oxygen atoms in total. The lowest BCUT2D eigenvalue weighted by molar-refractivity contribution is -0.143. The highest BCUT2D eigenvalue weighted by Crippen LogP contribution is 2.22. The van der Waals surface area contributed by atoms with Gasteiger partial charge in [-0.3, -0.25) is 19.4 Å². The zero-order valence-corrected chi connectivity index (χ0v) is 15.2. The molecule has 0 atom stereocenters. The van der Waals surface area contributed by atoms with Crippen LogP contribution in [0.2, 0.25) is 5.02 Å². The van der Waals surface area contributed by atoms with Crippen LogP contribution >= 0.6 is 11.6 Å². The van der Waals surface area contributed by atoms with E-state index in [1.165, 1.54) is 12.0 Å². The van der Waals surface area contributed by atoms with Gasteiger partial charge in [-0.05, 0) is 50.3 Å². The van der Waals surface area contributed by atoms with E-state index in [4.69, 9.17) is 16.3 Å². The maximum Gasteiger partial charge on any atom is 0.334 e. The topological polar surface area (TPSA) is 66.9 Å². The van der Waals surface area contributed by atoms with Crippen LogP contribution in [0, 0.1) is 0 Å².